The molecule has 0 saturated carbocycles. The van der Waals surface area contributed by atoms with Crippen LogP contribution in [0.5, 0.6) is 11.5 Å². The Morgan fingerprint density at radius 2 is 1.77 bits per heavy atom. The van der Waals surface area contributed by atoms with Crippen LogP contribution in [0.4, 0.5) is 5.69 Å². The van der Waals surface area contributed by atoms with Crippen molar-refractivity contribution >= 4 is 38.5 Å². The van der Waals surface area contributed by atoms with Gasteiger partial charge in [0.1, 0.15) is 5.58 Å². The summed E-state index contributed by atoms with van der Waals surface area (Å²) >= 11 is 3.50. The summed E-state index contributed by atoms with van der Waals surface area (Å²) in [4.78, 5) is 29.3. The molecule has 2 heterocycles. The van der Waals surface area contributed by atoms with Gasteiger partial charge in [-0.05, 0) is 79.9 Å². The maximum atomic E-state index is 13.9. The third kappa shape index (κ3) is 3.80. The second-order valence-corrected chi connectivity index (χ2v) is 9.42. The Kier molecular flexibility index (Phi) is 5.89. The molecule has 1 atom stereocenters. The molecule has 5 rings (SSSR count). The SMILES string of the molecule is CCOc1ccc(C2c3c(oc4cc(C)c(C)cc4c3=O)C(=O)N2c2cccc(Br)c2)cc1OC. The molecule has 1 aliphatic heterocycles. The number of fused-ring (bicyclic) bond motifs is 2. The maximum absolute atomic E-state index is 13.9. The van der Waals surface area contributed by atoms with Gasteiger partial charge in [-0.1, -0.05) is 28.1 Å². The number of anilines is 1. The number of carbonyl (C=O) groups excluding carboxylic acids is 1. The molecular formula is C28H24BrNO5. The molecule has 0 fully saturated rings. The average molecular weight is 534 g/mol. The monoisotopic (exact) mass is 533 g/mol. The molecule has 0 saturated heterocycles. The van der Waals surface area contributed by atoms with Crippen LogP contribution in [-0.2, 0) is 0 Å². The second kappa shape index (κ2) is 8.89. The summed E-state index contributed by atoms with van der Waals surface area (Å²) < 4.78 is 18.2. The van der Waals surface area contributed by atoms with Crippen molar-refractivity contribution in [3.63, 3.8) is 0 Å². The number of halogens is 1. The van der Waals surface area contributed by atoms with Crippen LogP contribution in [-0.4, -0.2) is 19.6 Å². The van der Waals surface area contributed by atoms with E-state index >= 15 is 0 Å². The fourth-order valence-corrected chi connectivity index (χ4v) is 4.95. The Morgan fingerprint density at radius 3 is 2.49 bits per heavy atom. The number of carbonyl (C=O) groups is 1. The van der Waals surface area contributed by atoms with Crippen LogP contribution < -0.4 is 19.8 Å². The Morgan fingerprint density at radius 1 is 1.00 bits per heavy atom. The van der Waals surface area contributed by atoms with Gasteiger partial charge in [0, 0.05) is 10.2 Å². The number of methoxy groups -OCH3 is 1. The molecule has 1 amide bonds. The molecule has 178 valence electrons. The summed E-state index contributed by atoms with van der Waals surface area (Å²) in [5, 5.41) is 0.457. The minimum atomic E-state index is -0.696. The van der Waals surface area contributed by atoms with Crippen LogP contribution in [0.1, 0.15) is 45.8 Å². The van der Waals surface area contributed by atoms with Crippen molar-refractivity contribution in [3.05, 3.63) is 97.3 Å². The van der Waals surface area contributed by atoms with E-state index < -0.39 is 6.04 Å². The standard InChI is InChI=1S/C28H24BrNO5/c1-5-34-21-10-9-17(13-23(21)33-4)25-24-26(31)20-11-15(2)16(3)12-22(20)35-27(24)28(32)30(25)19-8-6-7-18(29)14-19/h6-14,25H,5H2,1-4H3. The van der Waals surface area contributed by atoms with Crippen molar-refractivity contribution in [1.82, 2.24) is 0 Å². The molecule has 1 unspecified atom stereocenters. The van der Waals surface area contributed by atoms with E-state index in [0.717, 1.165) is 15.6 Å². The summed E-state index contributed by atoms with van der Waals surface area (Å²) in [5.41, 5.74) is 3.84. The number of hydrogen-bond acceptors (Lipinski definition) is 5. The smallest absolute Gasteiger partial charge is 0.295 e. The van der Waals surface area contributed by atoms with Gasteiger partial charge < -0.3 is 13.9 Å². The van der Waals surface area contributed by atoms with Gasteiger partial charge in [0.05, 0.1) is 30.7 Å². The largest absolute Gasteiger partial charge is 0.493 e. The Balaban J connectivity index is 1.80. The highest BCUT2D eigenvalue weighted by molar-refractivity contribution is 9.10. The maximum Gasteiger partial charge on any atom is 0.295 e. The van der Waals surface area contributed by atoms with Gasteiger partial charge in [-0.15, -0.1) is 0 Å². The highest BCUT2D eigenvalue weighted by Crippen LogP contribution is 2.43. The Bertz CT molecular complexity index is 1540. The zero-order valence-corrected chi connectivity index (χ0v) is 21.4. The van der Waals surface area contributed by atoms with E-state index in [4.69, 9.17) is 13.9 Å². The van der Waals surface area contributed by atoms with Crippen LogP contribution in [0.2, 0.25) is 0 Å². The van der Waals surface area contributed by atoms with E-state index in [9.17, 15) is 9.59 Å². The topological polar surface area (TPSA) is 69.0 Å². The molecule has 0 N–H and O–H groups in total. The lowest BCUT2D eigenvalue weighted by atomic mass is 9.97. The number of rotatable bonds is 5. The lowest BCUT2D eigenvalue weighted by Crippen LogP contribution is -2.29. The number of aryl methyl sites for hydroxylation is 2. The molecule has 1 aliphatic rings. The van der Waals surface area contributed by atoms with Crippen molar-refractivity contribution in [2.45, 2.75) is 26.8 Å². The molecule has 0 spiro atoms. The van der Waals surface area contributed by atoms with Gasteiger partial charge >= 0.3 is 0 Å². The van der Waals surface area contributed by atoms with Gasteiger partial charge in [-0.25, -0.2) is 0 Å². The summed E-state index contributed by atoms with van der Waals surface area (Å²) in [6.45, 7) is 6.29. The fraction of sp³-hybridized carbons (Fsp3) is 0.214. The predicted octanol–water partition coefficient (Wildman–Crippen LogP) is 6.33. The zero-order chi connectivity index (χ0) is 24.9. The van der Waals surface area contributed by atoms with E-state index in [1.165, 1.54) is 0 Å². The van der Waals surface area contributed by atoms with Crippen molar-refractivity contribution in [2.75, 3.05) is 18.6 Å². The Hall–Kier alpha value is -3.58. The first-order valence-corrected chi connectivity index (χ1v) is 12.1. The van der Waals surface area contributed by atoms with Crippen LogP contribution in [0, 0.1) is 13.8 Å². The van der Waals surface area contributed by atoms with Crippen LogP contribution in [0.15, 0.2) is 68.3 Å². The fourth-order valence-electron chi connectivity index (χ4n) is 4.56. The molecule has 6 nitrogen and oxygen atoms in total. The highest BCUT2D eigenvalue weighted by atomic mass is 79.9. The molecule has 3 aromatic carbocycles. The molecule has 35 heavy (non-hydrogen) atoms. The van der Waals surface area contributed by atoms with E-state index in [-0.39, 0.29) is 17.1 Å². The highest BCUT2D eigenvalue weighted by Gasteiger charge is 2.44. The zero-order valence-electron chi connectivity index (χ0n) is 19.8. The number of hydrogen-bond donors (Lipinski definition) is 0. The normalized spacial score (nSPS) is 14.9. The summed E-state index contributed by atoms with van der Waals surface area (Å²) in [6, 6.07) is 15.8. The van der Waals surface area contributed by atoms with E-state index in [1.807, 2.05) is 69.3 Å². The van der Waals surface area contributed by atoms with E-state index in [2.05, 4.69) is 15.9 Å². The van der Waals surface area contributed by atoms with Crippen molar-refractivity contribution < 1.29 is 18.7 Å². The molecule has 0 aliphatic carbocycles. The van der Waals surface area contributed by atoms with Crippen molar-refractivity contribution in [3.8, 4) is 11.5 Å². The summed E-state index contributed by atoms with van der Waals surface area (Å²) in [5.74, 6) is 0.807. The molecular weight excluding hydrogens is 510 g/mol. The number of ether oxygens (including phenoxy) is 2. The van der Waals surface area contributed by atoms with Gasteiger partial charge in [0.15, 0.2) is 16.9 Å². The van der Waals surface area contributed by atoms with Crippen molar-refractivity contribution in [2.24, 2.45) is 0 Å². The quantitative estimate of drug-likeness (QED) is 0.299. The van der Waals surface area contributed by atoms with E-state index in [1.54, 1.807) is 18.1 Å². The first-order chi connectivity index (χ1) is 16.8. The van der Waals surface area contributed by atoms with E-state index in [0.29, 0.717) is 45.9 Å². The first-order valence-electron chi connectivity index (χ1n) is 11.3. The molecule has 0 radical (unpaired) electrons. The van der Waals surface area contributed by atoms with Crippen LogP contribution >= 0.6 is 15.9 Å². The minimum absolute atomic E-state index is 0.0589. The van der Waals surface area contributed by atoms with Gasteiger partial charge in [-0.3, -0.25) is 14.5 Å². The van der Waals surface area contributed by atoms with Crippen LogP contribution in [0.25, 0.3) is 11.0 Å². The lowest BCUT2D eigenvalue weighted by molar-refractivity contribution is 0.0971. The van der Waals surface area contributed by atoms with Crippen LogP contribution in [0.3, 0.4) is 0 Å². The second-order valence-electron chi connectivity index (χ2n) is 8.51. The molecule has 1 aromatic heterocycles. The first kappa shape index (κ1) is 23.2. The van der Waals surface area contributed by atoms with Gasteiger partial charge in [0.25, 0.3) is 5.91 Å². The Labute approximate surface area is 211 Å². The number of benzene rings is 3. The molecule has 7 heteroatoms. The van der Waals surface area contributed by atoms with Gasteiger partial charge in [0.2, 0.25) is 5.76 Å². The average Bonchev–Trinajstić information content (AvgIpc) is 3.13. The van der Waals surface area contributed by atoms with Crippen molar-refractivity contribution in [1.29, 1.82) is 0 Å². The molecule has 4 aromatic rings. The minimum Gasteiger partial charge on any atom is -0.493 e. The molecule has 0 bridgehead atoms. The lowest BCUT2D eigenvalue weighted by Gasteiger charge is -2.26. The number of amides is 1. The summed E-state index contributed by atoms with van der Waals surface area (Å²) in [6.07, 6.45) is 0. The predicted molar refractivity (Wildman–Crippen MR) is 139 cm³/mol. The summed E-state index contributed by atoms with van der Waals surface area (Å²) in [7, 11) is 1.56. The number of nitrogens with zero attached hydrogens (tertiary/aromatic N) is 1. The van der Waals surface area contributed by atoms with Gasteiger partial charge in [-0.2, -0.15) is 0 Å². The third-order valence-corrected chi connectivity index (χ3v) is 6.87. The third-order valence-electron chi connectivity index (χ3n) is 6.38.